The lowest BCUT2D eigenvalue weighted by Crippen LogP contribution is -2.06. The number of rotatable bonds is 6. The molecule has 0 aromatic carbocycles. The summed E-state index contributed by atoms with van der Waals surface area (Å²) in [5.74, 6) is 0.223. The quantitative estimate of drug-likeness (QED) is 0.572. The average Bonchev–Trinajstić information content (AvgIpc) is 3.15. The summed E-state index contributed by atoms with van der Waals surface area (Å²) in [6.07, 6.45) is 7.89. The van der Waals surface area contributed by atoms with E-state index >= 15 is 0 Å². The number of H-pyrrole nitrogens is 3. The molecule has 3 aromatic rings. The van der Waals surface area contributed by atoms with Gasteiger partial charge in [-0.2, -0.15) is 0 Å². The molecular formula is C10H13N9. The molecule has 0 bridgehead atoms. The molecule has 98 valence electrons. The summed E-state index contributed by atoms with van der Waals surface area (Å²) in [7, 11) is 0. The zero-order valence-electron chi connectivity index (χ0n) is 10.1. The maximum Gasteiger partial charge on any atom is 0.0859 e. The van der Waals surface area contributed by atoms with Crippen LogP contribution in [0, 0.1) is 0 Å². The van der Waals surface area contributed by atoms with E-state index in [1.165, 1.54) is 0 Å². The number of aromatic nitrogens is 9. The Morgan fingerprint density at radius 1 is 0.842 bits per heavy atom. The SMILES string of the molecule is c1[nH]nnc1CCC(Cc1c[nH]nn1)c1c[nH]nn1. The maximum atomic E-state index is 4.09. The fourth-order valence-electron chi connectivity index (χ4n) is 2.01. The van der Waals surface area contributed by atoms with Gasteiger partial charge in [-0.3, -0.25) is 15.3 Å². The smallest absolute Gasteiger partial charge is 0.0859 e. The molecule has 0 radical (unpaired) electrons. The third-order valence-electron chi connectivity index (χ3n) is 2.99. The van der Waals surface area contributed by atoms with E-state index in [4.69, 9.17) is 0 Å². The fourth-order valence-corrected chi connectivity index (χ4v) is 2.01. The van der Waals surface area contributed by atoms with Crippen molar-refractivity contribution in [1.29, 1.82) is 0 Å². The van der Waals surface area contributed by atoms with Crippen LogP contribution in [0.3, 0.4) is 0 Å². The van der Waals surface area contributed by atoms with Crippen molar-refractivity contribution in [3.05, 3.63) is 35.7 Å². The largest absolute Gasteiger partial charge is 0.265 e. The van der Waals surface area contributed by atoms with E-state index in [1.807, 2.05) is 6.20 Å². The van der Waals surface area contributed by atoms with Crippen LogP contribution >= 0.6 is 0 Å². The van der Waals surface area contributed by atoms with Gasteiger partial charge in [0.05, 0.1) is 17.1 Å². The first-order valence-corrected chi connectivity index (χ1v) is 5.99. The minimum atomic E-state index is 0.223. The summed E-state index contributed by atoms with van der Waals surface area (Å²) >= 11 is 0. The van der Waals surface area contributed by atoms with E-state index in [-0.39, 0.29) is 5.92 Å². The summed E-state index contributed by atoms with van der Waals surface area (Å²) in [5, 5.41) is 31.4. The Balaban J connectivity index is 1.69. The van der Waals surface area contributed by atoms with Gasteiger partial charge in [-0.15, -0.1) is 15.3 Å². The molecule has 3 N–H and O–H groups in total. The topological polar surface area (TPSA) is 125 Å². The monoisotopic (exact) mass is 259 g/mol. The molecule has 0 amide bonds. The highest BCUT2D eigenvalue weighted by atomic mass is 15.3. The highest BCUT2D eigenvalue weighted by molar-refractivity contribution is 5.08. The summed E-state index contributed by atoms with van der Waals surface area (Å²) in [6, 6.07) is 0. The van der Waals surface area contributed by atoms with Crippen LogP contribution in [-0.2, 0) is 12.8 Å². The molecule has 0 saturated carbocycles. The number of aromatic amines is 3. The van der Waals surface area contributed by atoms with Crippen LogP contribution in [0.25, 0.3) is 0 Å². The van der Waals surface area contributed by atoms with Gasteiger partial charge in [0.2, 0.25) is 0 Å². The van der Waals surface area contributed by atoms with Gasteiger partial charge in [0.1, 0.15) is 0 Å². The molecule has 0 spiro atoms. The Bertz CT molecular complexity index is 569. The van der Waals surface area contributed by atoms with E-state index in [0.29, 0.717) is 0 Å². The third kappa shape index (κ3) is 2.81. The molecular weight excluding hydrogens is 246 g/mol. The van der Waals surface area contributed by atoms with Gasteiger partial charge < -0.3 is 0 Å². The predicted octanol–water partition coefficient (Wildman–Crippen LogP) is -0.000000000000000333. The van der Waals surface area contributed by atoms with Crippen LogP contribution in [0.2, 0.25) is 0 Å². The van der Waals surface area contributed by atoms with Crippen LogP contribution in [0.15, 0.2) is 18.6 Å². The van der Waals surface area contributed by atoms with Crippen molar-refractivity contribution in [2.24, 2.45) is 0 Å². The highest BCUT2D eigenvalue weighted by Crippen LogP contribution is 2.22. The molecule has 0 saturated heterocycles. The van der Waals surface area contributed by atoms with Crippen molar-refractivity contribution in [3.8, 4) is 0 Å². The molecule has 19 heavy (non-hydrogen) atoms. The lowest BCUT2D eigenvalue weighted by molar-refractivity contribution is 0.589. The van der Waals surface area contributed by atoms with Gasteiger partial charge in [0, 0.05) is 30.9 Å². The summed E-state index contributed by atoms with van der Waals surface area (Å²) in [5.41, 5.74) is 2.77. The van der Waals surface area contributed by atoms with Crippen LogP contribution in [-0.4, -0.2) is 46.2 Å². The van der Waals surface area contributed by atoms with Crippen molar-refractivity contribution in [3.63, 3.8) is 0 Å². The molecule has 9 heteroatoms. The van der Waals surface area contributed by atoms with Gasteiger partial charge in [0.25, 0.3) is 0 Å². The minimum absolute atomic E-state index is 0.223. The molecule has 0 fully saturated rings. The first-order valence-electron chi connectivity index (χ1n) is 5.99. The Labute approximate surface area is 108 Å². The minimum Gasteiger partial charge on any atom is -0.265 e. The average molecular weight is 259 g/mol. The number of aryl methyl sites for hydroxylation is 1. The summed E-state index contributed by atoms with van der Waals surface area (Å²) in [6.45, 7) is 0. The Morgan fingerprint density at radius 2 is 1.53 bits per heavy atom. The summed E-state index contributed by atoms with van der Waals surface area (Å²) in [4.78, 5) is 0. The first-order chi connectivity index (χ1) is 9.42. The molecule has 1 atom stereocenters. The van der Waals surface area contributed by atoms with E-state index in [2.05, 4.69) is 46.2 Å². The molecule has 0 aliphatic rings. The molecule has 0 aliphatic carbocycles. The molecule has 9 nitrogen and oxygen atoms in total. The van der Waals surface area contributed by atoms with Crippen molar-refractivity contribution < 1.29 is 0 Å². The molecule has 3 heterocycles. The van der Waals surface area contributed by atoms with E-state index in [1.54, 1.807) is 12.4 Å². The number of hydrogen-bond acceptors (Lipinski definition) is 6. The van der Waals surface area contributed by atoms with Crippen molar-refractivity contribution in [2.75, 3.05) is 0 Å². The van der Waals surface area contributed by atoms with E-state index in [9.17, 15) is 0 Å². The number of hydrogen-bond donors (Lipinski definition) is 3. The van der Waals surface area contributed by atoms with Crippen molar-refractivity contribution in [2.45, 2.75) is 25.2 Å². The van der Waals surface area contributed by atoms with Gasteiger partial charge >= 0.3 is 0 Å². The zero-order valence-corrected chi connectivity index (χ0v) is 10.1. The summed E-state index contributed by atoms with van der Waals surface area (Å²) < 4.78 is 0. The van der Waals surface area contributed by atoms with Crippen LogP contribution in [0.4, 0.5) is 0 Å². The Hall–Kier alpha value is -2.58. The second-order valence-electron chi connectivity index (χ2n) is 4.27. The second-order valence-corrected chi connectivity index (χ2v) is 4.27. The first kappa shape index (κ1) is 11.5. The van der Waals surface area contributed by atoms with E-state index < -0.39 is 0 Å². The van der Waals surface area contributed by atoms with Crippen molar-refractivity contribution in [1.82, 2.24) is 46.2 Å². The van der Waals surface area contributed by atoms with E-state index in [0.717, 1.165) is 36.3 Å². The predicted molar refractivity (Wildman–Crippen MR) is 63.9 cm³/mol. The van der Waals surface area contributed by atoms with Crippen LogP contribution in [0.5, 0.6) is 0 Å². The number of nitrogens with zero attached hydrogens (tertiary/aromatic N) is 6. The van der Waals surface area contributed by atoms with Crippen LogP contribution in [0.1, 0.15) is 29.4 Å². The number of nitrogens with one attached hydrogen (secondary N) is 3. The molecule has 3 rings (SSSR count). The maximum absolute atomic E-state index is 4.09. The van der Waals surface area contributed by atoms with Gasteiger partial charge in [-0.1, -0.05) is 15.6 Å². The van der Waals surface area contributed by atoms with Gasteiger partial charge in [-0.25, -0.2) is 0 Å². The standard InChI is InChI=1S/C10H13N9/c1(2-8-4-11-17-14-8)7(10-6-13-19-16-10)3-9-5-12-18-15-9/h4-7H,1-3H2,(H,11,14,17)(H,12,15,18)(H,13,16,19). The Morgan fingerprint density at radius 3 is 2.16 bits per heavy atom. The lowest BCUT2D eigenvalue weighted by atomic mass is 9.94. The third-order valence-corrected chi connectivity index (χ3v) is 2.99. The van der Waals surface area contributed by atoms with Crippen LogP contribution < -0.4 is 0 Å². The highest BCUT2D eigenvalue weighted by Gasteiger charge is 2.17. The fraction of sp³-hybridized carbons (Fsp3) is 0.400. The second kappa shape index (κ2) is 5.38. The van der Waals surface area contributed by atoms with Crippen molar-refractivity contribution >= 4 is 0 Å². The lowest BCUT2D eigenvalue weighted by Gasteiger charge is -2.11. The molecule has 3 aromatic heterocycles. The normalized spacial score (nSPS) is 12.6. The zero-order chi connectivity index (χ0) is 12.9. The van der Waals surface area contributed by atoms with Gasteiger partial charge in [0.15, 0.2) is 0 Å². The van der Waals surface area contributed by atoms with Gasteiger partial charge in [-0.05, 0) is 12.8 Å². The molecule has 0 aliphatic heterocycles. The Kier molecular flexibility index (Phi) is 3.26. The molecule has 1 unspecified atom stereocenters.